The smallest absolute Gasteiger partial charge is 0.341 e. The zero-order valence-electron chi connectivity index (χ0n) is 16.2. The van der Waals surface area contributed by atoms with Gasteiger partial charge in [-0.2, -0.15) is 5.26 Å². The van der Waals surface area contributed by atoms with E-state index in [9.17, 15) is 10.1 Å². The van der Waals surface area contributed by atoms with E-state index >= 15 is 0 Å². The molecule has 0 aliphatic rings. The summed E-state index contributed by atoms with van der Waals surface area (Å²) < 4.78 is 21.8. The van der Waals surface area contributed by atoms with Crippen molar-refractivity contribution in [3.63, 3.8) is 0 Å². The molecule has 0 bridgehead atoms. The first-order chi connectivity index (χ1) is 14.7. The number of hydrogen-bond acceptors (Lipinski definition) is 8. The molecular weight excluding hydrogens is 386 g/mol. The van der Waals surface area contributed by atoms with Crippen molar-refractivity contribution in [2.45, 2.75) is 0 Å². The average molecular weight is 403 g/mol. The molecule has 3 rings (SSSR count). The predicted octanol–water partition coefficient (Wildman–Crippen LogP) is 4.09. The summed E-state index contributed by atoms with van der Waals surface area (Å²) in [7, 11) is 2.66. The Balaban J connectivity index is 2.16. The maximum atomic E-state index is 12.5. The number of ether oxygens (including phenoxy) is 4. The van der Waals surface area contributed by atoms with Crippen molar-refractivity contribution in [2.75, 3.05) is 14.2 Å². The van der Waals surface area contributed by atoms with Gasteiger partial charge < -0.3 is 18.9 Å². The lowest BCUT2D eigenvalue weighted by molar-refractivity contribution is -0.133. The molecule has 0 amide bonds. The fraction of sp³-hybridized carbons (Fsp3) is 0.0909. The van der Waals surface area contributed by atoms with Crippen molar-refractivity contribution >= 4 is 11.5 Å². The molecule has 8 heteroatoms. The summed E-state index contributed by atoms with van der Waals surface area (Å²) in [6, 6.07) is 15.4. The van der Waals surface area contributed by atoms with Crippen LogP contribution in [0.3, 0.4) is 0 Å². The molecular formula is C22H17N3O5. The first kappa shape index (κ1) is 20.4. The highest BCUT2D eigenvalue weighted by Crippen LogP contribution is 2.40. The van der Waals surface area contributed by atoms with Crippen LogP contribution in [0.1, 0.15) is 11.1 Å². The van der Waals surface area contributed by atoms with E-state index in [1.54, 1.807) is 48.5 Å². The number of nitrogens with zero attached hydrogens (tertiary/aromatic N) is 3. The standard InChI is InChI=1S/C22H17N3O5/c1-27-13-16(22(26)28-2)21-18(29-17-7-4-3-6-15(17)12-23)8-5-9-19(21)30-20-10-11-24-14-25-20/h3-11,13-14H,1-2H3. The van der Waals surface area contributed by atoms with Crippen LogP contribution in [-0.4, -0.2) is 30.2 Å². The lowest BCUT2D eigenvalue weighted by Crippen LogP contribution is -2.07. The van der Waals surface area contributed by atoms with Crippen molar-refractivity contribution in [1.29, 1.82) is 5.26 Å². The number of hydrogen-bond donors (Lipinski definition) is 0. The first-order valence-electron chi connectivity index (χ1n) is 8.73. The molecule has 8 nitrogen and oxygen atoms in total. The topological polar surface area (TPSA) is 104 Å². The third-order valence-electron chi connectivity index (χ3n) is 3.90. The molecule has 0 saturated heterocycles. The number of esters is 1. The molecule has 0 atom stereocenters. The van der Waals surface area contributed by atoms with E-state index < -0.39 is 5.97 Å². The van der Waals surface area contributed by atoms with Gasteiger partial charge in [-0.25, -0.2) is 14.8 Å². The molecule has 0 aliphatic heterocycles. The quantitative estimate of drug-likeness (QED) is 0.330. The van der Waals surface area contributed by atoms with Gasteiger partial charge in [-0.15, -0.1) is 0 Å². The van der Waals surface area contributed by atoms with Gasteiger partial charge in [0.15, 0.2) is 0 Å². The van der Waals surface area contributed by atoms with E-state index in [1.807, 2.05) is 0 Å². The second-order valence-electron chi connectivity index (χ2n) is 5.75. The fourth-order valence-corrected chi connectivity index (χ4v) is 2.60. The Morgan fingerprint density at radius 1 is 1.00 bits per heavy atom. The highest BCUT2D eigenvalue weighted by molar-refractivity contribution is 6.18. The third-order valence-corrected chi connectivity index (χ3v) is 3.90. The molecule has 3 aromatic rings. The second kappa shape index (κ2) is 9.71. The molecule has 0 N–H and O–H groups in total. The Hall–Kier alpha value is -4.38. The number of para-hydroxylation sites is 1. The van der Waals surface area contributed by atoms with Crippen molar-refractivity contribution in [3.05, 3.63) is 78.4 Å². The second-order valence-corrected chi connectivity index (χ2v) is 5.75. The molecule has 2 aromatic carbocycles. The Bertz CT molecular complexity index is 1110. The molecule has 1 heterocycles. The Kier molecular flexibility index (Phi) is 6.59. The summed E-state index contributed by atoms with van der Waals surface area (Å²) in [5.74, 6) is 0.464. The Labute approximate surface area is 172 Å². The number of aromatic nitrogens is 2. The van der Waals surface area contributed by atoms with E-state index in [4.69, 9.17) is 18.9 Å². The largest absolute Gasteiger partial charge is 0.503 e. The highest BCUT2D eigenvalue weighted by Gasteiger charge is 2.24. The number of carbonyl (C=O) groups is 1. The maximum absolute atomic E-state index is 12.5. The van der Waals surface area contributed by atoms with Crippen LogP contribution < -0.4 is 9.47 Å². The monoisotopic (exact) mass is 403 g/mol. The van der Waals surface area contributed by atoms with Crippen molar-refractivity contribution in [2.24, 2.45) is 0 Å². The Morgan fingerprint density at radius 3 is 2.40 bits per heavy atom. The average Bonchev–Trinajstić information content (AvgIpc) is 2.79. The fourth-order valence-electron chi connectivity index (χ4n) is 2.60. The molecule has 0 saturated carbocycles. The van der Waals surface area contributed by atoms with Crippen LogP contribution in [0, 0.1) is 11.3 Å². The number of benzene rings is 2. The minimum Gasteiger partial charge on any atom is -0.503 e. The summed E-state index contributed by atoms with van der Waals surface area (Å²) in [5, 5.41) is 9.36. The number of methoxy groups -OCH3 is 2. The summed E-state index contributed by atoms with van der Waals surface area (Å²) in [4.78, 5) is 20.4. The van der Waals surface area contributed by atoms with Gasteiger partial charge in [0.2, 0.25) is 5.88 Å². The lowest BCUT2D eigenvalue weighted by atomic mass is 10.0. The van der Waals surface area contributed by atoms with Gasteiger partial charge in [0, 0.05) is 12.3 Å². The van der Waals surface area contributed by atoms with Crippen molar-refractivity contribution in [1.82, 2.24) is 9.97 Å². The van der Waals surface area contributed by atoms with E-state index in [0.29, 0.717) is 11.3 Å². The van der Waals surface area contributed by atoms with Gasteiger partial charge >= 0.3 is 5.97 Å². The van der Waals surface area contributed by atoms with Gasteiger partial charge in [-0.3, -0.25) is 0 Å². The molecule has 0 spiro atoms. The molecule has 0 aliphatic carbocycles. The van der Waals surface area contributed by atoms with Crippen LogP contribution in [0.5, 0.6) is 23.1 Å². The first-order valence-corrected chi connectivity index (χ1v) is 8.73. The van der Waals surface area contributed by atoms with Crippen LogP contribution in [-0.2, 0) is 14.3 Å². The van der Waals surface area contributed by atoms with Crippen LogP contribution in [0.4, 0.5) is 0 Å². The van der Waals surface area contributed by atoms with Gasteiger partial charge in [0.1, 0.15) is 35.2 Å². The minimum absolute atomic E-state index is 0.0640. The van der Waals surface area contributed by atoms with E-state index in [1.165, 1.54) is 33.0 Å². The summed E-state index contributed by atoms with van der Waals surface area (Å²) in [6.45, 7) is 0. The summed E-state index contributed by atoms with van der Waals surface area (Å²) in [5.41, 5.74) is 0.674. The predicted molar refractivity (Wildman–Crippen MR) is 107 cm³/mol. The molecule has 0 radical (unpaired) electrons. The van der Waals surface area contributed by atoms with Crippen LogP contribution in [0.25, 0.3) is 5.57 Å². The summed E-state index contributed by atoms with van der Waals surface area (Å²) >= 11 is 0. The molecule has 0 unspecified atom stereocenters. The molecule has 150 valence electrons. The molecule has 0 fully saturated rings. The molecule has 30 heavy (non-hydrogen) atoms. The van der Waals surface area contributed by atoms with E-state index in [2.05, 4.69) is 16.0 Å². The normalized spacial score (nSPS) is 10.6. The number of carbonyl (C=O) groups excluding carboxylic acids is 1. The minimum atomic E-state index is -0.658. The van der Waals surface area contributed by atoms with E-state index in [0.717, 1.165) is 0 Å². The van der Waals surface area contributed by atoms with Gasteiger partial charge in [-0.05, 0) is 24.3 Å². The summed E-state index contributed by atoms with van der Waals surface area (Å²) in [6.07, 6.45) is 4.10. The van der Waals surface area contributed by atoms with Gasteiger partial charge in [-0.1, -0.05) is 18.2 Å². The lowest BCUT2D eigenvalue weighted by Gasteiger charge is -2.17. The van der Waals surface area contributed by atoms with E-state index in [-0.39, 0.29) is 28.5 Å². The van der Waals surface area contributed by atoms with Crippen LogP contribution in [0.15, 0.2) is 67.3 Å². The maximum Gasteiger partial charge on any atom is 0.341 e. The molecule has 1 aromatic heterocycles. The van der Waals surface area contributed by atoms with Crippen LogP contribution in [0.2, 0.25) is 0 Å². The highest BCUT2D eigenvalue weighted by atomic mass is 16.5. The zero-order chi connectivity index (χ0) is 21.3. The third kappa shape index (κ3) is 4.54. The SMILES string of the molecule is COC=C(C(=O)OC)c1c(Oc2ccncn2)cccc1Oc1ccccc1C#N. The van der Waals surface area contributed by atoms with Crippen molar-refractivity contribution < 1.29 is 23.7 Å². The number of nitriles is 1. The van der Waals surface area contributed by atoms with Crippen LogP contribution >= 0.6 is 0 Å². The zero-order valence-corrected chi connectivity index (χ0v) is 16.2. The van der Waals surface area contributed by atoms with Crippen molar-refractivity contribution in [3.8, 4) is 29.2 Å². The Morgan fingerprint density at radius 2 is 1.73 bits per heavy atom. The van der Waals surface area contributed by atoms with Gasteiger partial charge in [0.25, 0.3) is 0 Å². The van der Waals surface area contributed by atoms with Gasteiger partial charge in [0.05, 0.1) is 31.6 Å². The number of rotatable bonds is 7.